The van der Waals surface area contributed by atoms with Gasteiger partial charge in [-0.15, -0.1) is 0 Å². The molecule has 0 aromatic carbocycles. The summed E-state index contributed by atoms with van der Waals surface area (Å²) in [6.07, 6.45) is 2.69. The Labute approximate surface area is 96.6 Å². The van der Waals surface area contributed by atoms with Crippen molar-refractivity contribution < 1.29 is 0 Å². The van der Waals surface area contributed by atoms with E-state index in [1.54, 1.807) is 0 Å². The molecule has 3 N–H and O–H groups in total. The van der Waals surface area contributed by atoms with Gasteiger partial charge in [-0.2, -0.15) is 5.10 Å². The van der Waals surface area contributed by atoms with Crippen LogP contribution in [0.15, 0.2) is 22.8 Å². The van der Waals surface area contributed by atoms with Gasteiger partial charge < -0.3 is 10.7 Å². The van der Waals surface area contributed by atoms with Gasteiger partial charge in [0.1, 0.15) is 0 Å². The summed E-state index contributed by atoms with van der Waals surface area (Å²) >= 11 is 3.57. The Balaban J connectivity index is 2.48. The zero-order chi connectivity index (χ0) is 10.8. The van der Waals surface area contributed by atoms with Gasteiger partial charge >= 0.3 is 0 Å². The van der Waals surface area contributed by atoms with E-state index in [0.29, 0.717) is 6.54 Å². The topological polar surface area (TPSA) is 59.6 Å². The van der Waals surface area contributed by atoms with E-state index in [9.17, 15) is 0 Å². The molecule has 0 spiro atoms. The van der Waals surface area contributed by atoms with Crippen molar-refractivity contribution in [2.75, 3.05) is 6.54 Å². The van der Waals surface area contributed by atoms with E-state index in [2.05, 4.69) is 26.0 Å². The number of aromatic amines is 1. The predicted octanol–water partition coefficient (Wildman–Crippen LogP) is 1.68. The normalized spacial score (nSPS) is 10.9. The van der Waals surface area contributed by atoms with E-state index < -0.39 is 0 Å². The summed E-state index contributed by atoms with van der Waals surface area (Å²) < 4.78 is 2.89. The first-order valence-corrected chi connectivity index (χ1v) is 5.58. The molecule has 2 heterocycles. The van der Waals surface area contributed by atoms with Gasteiger partial charge in [0.05, 0.1) is 21.6 Å². The number of nitrogens with one attached hydrogen (secondary N) is 1. The van der Waals surface area contributed by atoms with E-state index in [-0.39, 0.29) is 0 Å². The number of halogens is 1. The molecule has 0 amide bonds. The van der Waals surface area contributed by atoms with Gasteiger partial charge in [0, 0.05) is 19.7 Å². The van der Waals surface area contributed by atoms with E-state index in [1.807, 2.05) is 30.1 Å². The van der Waals surface area contributed by atoms with E-state index in [0.717, 1.165) is 28.0 Å². The fraction of sp³-hybridized carbons (Fsp3) is 0.300. The van der Waals surface area contributed by atoms with Gasteiger partial charge in [-0.25, -0.2) is 0 Å². The summed E-state index contributed by atoms with van der Waals surface area (Å²) in [5, 5.41) is 4.43. The van der Waals surface area contributed by atoms with Crippen molar-refractivity contribution in [1.29, 1.82) is 0 Å². The quantitative estimate of drug-likeness (QED) is 0.890. The maximum Gasteiger partial charge on any atom is 0.0986 e. The molecule has 2 aromatic heterocycles. The average Bonchev–Trinajstić information content (AvgIpc) is 2.77. The number of aryl methyl sites for hydroxylation is 1. The van der Waals surface area contributed by atoms with Crippen LogP contribution in [-0.2, 0) is 13.5 Å². The van der Waals surface area contributed by atoms with Crippen LogP contribution in [0.4, 0.5) is 0 Å². The van der Waals surface area contributed by atoms with Gasteiger partial charge in [-0.3, -0.25) is 4.68 Å². The summed E-state index contributed by atoms with van der Waals surface area (Å²) in [6.45, 7) is 0.611. The van der Waals surface area contributed by atoms with E-state index in [4.69, 9.17) is 5.73 Å². The molecule has 15 heavy (non-hydrogen) atoms. The van der Waals surface area contributed by atoms with Crippen molar-refractivity contribution in [3.8, 4) is 11.4 Å². The molecule has 2 aromatic rings. The summed E-state index contributed by atoms with van der Waals surface area (Å²) in [4.78, 5) is 3.17. The van der Waals surface area contributed by atoms with Crippen molar-refractivity contribution >= 4 is 15.9 Å². The van der Waals surface area contributed by atoms with Crippen LogP contribution in [0.2, 0.25) is 0 Å². The Kier molecular flexibility index (Phi) is 2.93. The van der Waals surface area contributed by atoms with Crippen molar-refractivity contribution in [2.24, 2.45) is 12.8 Å². The highest BCUT2D eigenvalue weighted by Gasteiger charge is 2.14. The SMILES string of the molecule is Cn1nc(CCN)c(Br)c1-c1ccc[nH]1. The van der Waals surface area contributed by atoms with Crippen molar-refractivity contribution in [3.05, 3.63) is 28.5 Å². The third-order valence-electron chi connectivity index (χ3n) is 2.29. The van der Waals surface area contributed by atoms with Crippen molar-refractivity contribution in [3.63, 3.8) is 0 Å². The minimum Gasteiger partial charge on any atom is -0.360 e. The Bertz CT molecular complexity index is 444. The van der Waals surface area contributed by atoms with Gasteiger partial charge in [0.2, 0.25) is 0 Å². The zero-order valence-corrected chi connectivity index (χ0v) is 10.1. The number of nitrogens with zero attached hydrogens (tertiary/aromatic N) is 2. The second-order valence-electron chi connectivity index (χ2n) is 3.36. The van der Waals surface area contributed by atoms with Crippen LogP contribution in [0.1, 0.15) is 5.69 Å². The summed E-state index contributed by atoms with van der Waals surface area (Å²) in [5.41, 5.74) is 8.65. The minimum absolute atomic E-state index is 0.611. The number of hydrogen-bond acceptors (Lipinski definition) is 2. The minimum atomic E-state index is 0.611. The lowest BCUT2D eigenvalue weighted by Gasteiger charge is -1.98. The summed E-state index contributed by atoms with van der Waals surface area (Å²) in [7, 11) is 1.93. The molecule has 4 nitrogen and oxygen atoms in total. The number of aromatic nitrogens is 3. The Morgan fingerprint density at radius 2 is 2.40 bits per heavy atom. The zero-order valence-electron chi connectivity index (χ0n) is 8.50. The highest BCUT2D eigenvalue weighted by molar-refractivity contribution is 9.10. The molecule has 0 bridgehead atoms. The lowest BCUT2D eigenvalue weighted by Crippen LogP contribution is -2.04. The van der Waals surface area contributed by atoms with Gasteiger partial charge in [0.15, 0.2) is 0 Å². The molecule has 0 atom stereocenters. The molecule has 0 saturated carbocycles. The maximum atomic E-state index is 5.53. The van der Waals surface area contributed by atoms with Crippen LogP contribution in [-0.4, -0.2) is 21.3 Å². The summed E-state index contributed by atoms with van der Waals surface area (Å²) in [6, 6.07) is 3.99. The van der Waals surface area contributed by atoms with Gasteiger partial charge in [-0.1, -0.05) is 0 Å². The molecule has 80 valence electrons. The van der Waals surface area contributed by atoms with E-state index in [1.165, 1.54) is 0 Å². The highest BCUT2D eigenvalue weighted by Crippen LogP contribution is 2.29. The molecular formula is C10H13BrN4. The van der Waals surface area contributed by atoms with Gasteiger partial charge in [0.25, 0.3) is 0 Å². The lowest BCUT2D eigenvalue weighted by molar-refractivity contribution is 0.744. The highest BCUT2D eigenvalue weighted by atomic mass is 79.9. The third kappa shape index (κ3) is 1.85. The fourth-order valence-corrected chi connectivity index (χ4v) is 2.37. The largest absolute Gasteiger partial charge is 0.360 e. The Morgan fingerprint density at radius 3 is 3.00 bits per heavy atom. The molecule has 0 aliphatic rings. The fourth-order valence-electron chi connectivity index (χ4n) is 1.62. The van der Waals surface area contributed by atoms with Crippen molar-refractivity contribution in [2.45, 2.75) is 6.42 Å². The number of hydrogen-bond donors (Lipinski definition) is 2. The second kappa shape index (κ2) is 4.20. The molecule has 0 fully saturated rings. The monoisotopic (exact) mass is 268 g/mol. The molecule has 0 unspecified atom stereocenters. The van der Waals surface area contributed by atoms with Gasteiger partial charge in [-0.05, 0) is 34.6 Å². The van der Waals surface area contributed by atoms with Crippen LogP contribution >= 0.6 is 15.9 Å². The standard InChI is InChI=1S/C10H13BrN4/c1-15-10(8-3-2-6-13-8)9(11)7(14-15)4-5-12/h2-3,6,13H,4-5,12H2,1H3. The number of rotatable bonds is 3. The molecule has 5 heteroatoms. The van der Waals surface area contributed by atoms with Crippen LogP contribution in [0.25, 0.3) is 11.4 Å². The first-order valence-electron chi connectivity index (χ1n) is 4.79. The smallest absolute Gasteiger partial charge is 0.0986 e. The molecule has 0 saturated heterocycles. The molecule has 0 radical (unpaired) electrons. The molecule has 0 aliphatic heterocycles. The van der Waals surface area contributed by atoms with Crippen LogP contribution in [0.5, 0.6) is 0 Å². The number of H-pyrrole nitrogens is 1. The van der Waals surface area contributed by atoms with Crippen LogP contribution < -0.4 is 5.73 Å². The second-order valence-corrected chi connectivity index (χ2v) is 4.15. The first kappa shape index (κ1) is 10.4. The third-order valence-corrected chi connectivity index (χ3v) is 3.12. The first-order chi connectivity index (χ1) is 7.24. The Morgan fingerprint density at radius 1 is 1.60 bits per heavy atom. The van der Waals surface area contributed by atoms with Crippen molar-refractivity contribution in [1.82, 2.24) is 14.8 Å². The lowest BCUT2D eigenvalue weighted by atomic mass is 10.2. The Hall–Kier alpha value is -1.07. The van der Waals surface area contributed by atoms with Crippen LogP contribution in [0, 0.1) is 0 Å². The molecule has 2 rings (SSSR count). The van der Waals surface area contributed by atoms with Crippen LogP contribution in [0.3, 0.4) is 0 Å². The molecular weight excluding hydrogens is 256 g/mol. The predicted molar refractivity (Wildman–Crippen MR) is 63.5 cm³/mol. The summed E-state index contributed by atoms with van der Waals surface area (Å²) in [5.74, 6) is 0. The average molecular weight is 269 g/mol. The number of nitrogens with two attached hydrogens (primary N) is 1. The maximum absolute atomic E-state index is 5.53. The van der Waals surface area contributed by atoms with E-state index >= 15 is 0 Å². The molecule has 0 aliphatic carbocycles.